The van der Waals surface area contributed by atoms with Gasteiger partial charge < -0.3 is 0 Å². The molecular weight excluding hydrogens is 814 g/mol. The van der Waals surface area contributed by atoms with Gasteiger partial charge in [0.2, 0.25) is 0 Å². The summed E-state index contributed by atoms with van der Waals surface area (Å²) in [7, 11) is 13.1. The van der Waals surface area contributed by atoms with E-state index in [2.05, 4.69) is 169 Å². The standard InChI is InChI=1S/C21H14.C21H25.C5H5.2ClH.Hf/c1-3-7-20-14-16(9-11-18(20)5-1)13-17-10-12-19-6-2-4-8-21(19)15-17;1-20(2,3)16-7-9-18-14(12-16)11-15-13-17(21(4,5)6)8-10-19(15)18;1-2-4-5-3-1;;;/h1-12,14-15H;7-13H,1-6H3;1-5H;2*1H;/q;2*-1;;;+2/p-2. The van der Waals surface area contributed by atoms with Gasteiger partial charge >= 0.3 is 157 Å². The normalized spacial score (nSPS) is 11.6. The monoisotopic (exact) mass is 858 g/mol. The van der Waals surface area contributed by atoms with Crippen LogP contribution in [0.5, 0.6) is 0 Å². The Hall–Kier alpha value is -3.62. The van der Waals surface area contributed by atoms with E-state index in [1.54, 1.807) is 0 Å². The molecular formula is C47H44Cl2Hf-2. The molecule has 8 aromatic carbocycles. The fourth-order valence-electron chi connectivity index (χ4n) is 6.35. The van der Waals surface area contributed by atoms with Gasteiger partial charge in [-0.1, -0.05) is 76.9 Å². The molecule has 0 nitrogen and oxygen atoms in total. The minimum Gasteiger partial charge on any atom is -0.214 e. The minimum absolute atomic E-state index is 0.203. The van der Waals surface area contributed by atoms with Crippen LogP contribution in [0, 0.1) is 0 Å². The van der Waals surface area contributed by atoms with Crippen molar-refractivity contribution in [3.8, 4) is 0 Å². The Labute approximate surface area is 312 Å². The van der Waals surface area contributed by atoms with Crippen LogP contribution >= 0.6 is 17.2 Å². The minimum atomic E-state index is -2.81. The van der Waals surface area contributed by atoms with Gasteiger partial charge in [-0.25, -0.2) is 12.1 Å². The number of rotatable bonds is 2. The summed E-state index contributed by atoms with van der Waals surface area (Å²) in [6.45, 7) is 13.6. The fourth-order valence-corrected chi connectivity index (χ4v) is 12.6. The molecule has 0 radical (unpaired) electrons. The van der Waals surface area contributed by atoms with Crippen LogP contribution in [0.2, 0.25) is 0 Å². The van der Waals surface area contributed by atoms with Crippen molar-refractivity contribution in [2.75, 3.05) is 0 Å². The Morgan fingerprint density at radius 3 is 1.26 bits per heavy atom. The molecule has 0 bridgehead atoms. The molecule has 0 spiro atoms. The van der Waals surface area contributed by atoms with Crippen LogP contribution in [0.3, 0.4) is 0 Å². The fraction of sp³-hybridized carbons (Fsp3) is 0.170. The molecule has 50 heavy (non-hydrogen) atoms. The number of fused-ring (bicyclic) bond motifs is 5. The molecule has 0 amide bonds. The van der Waals surface area contributed by atoms with Crippen molar-refractivity contribution >= 4 is 63.5 Å². The van der Waals surface area contributed by atoms with Gasteiger partial charge in [0.1, 0.15) is 0 Å². The first kappa shape index (κ1) is 36.2. The molecule has 0 saturated heterocycles. The van der Waals surface area contributed by atoms with Gasteiger partial charge in [-0.15, -0.1) is 39.7 Å². The Bertz CT molecular complexity index is 2240. The molecule has 0 saturated carbocycles. The summed E-state index contributed by atoms with van der Waals surface area (Å²) in [6.07, 6.45) is 0. The van der Waals surface area contributed by atoms with E-state index < -0.39 is 18.6 Å². The predicted octanol–water partition coefficient (Wildman–Crippen LogP) is 14.2. The van der Waals surface area contributed by atoms with E-state index in [0.717, 1.165) is 14.4 Å². The van der Waals surface area contributed by atoms with Crippen molar-refractivity contribution < 1.29 is 18.6 Å². The third-order valence-electron chi connectivity index (χ3n) is 9.26. The summed E-state index contributed by atoms with van der Waals surface area (Å²) in [5, 5.41) is 10.4. The zero-order valence-electron chi connectivity index (χ0n) is 29.8. The Kier molecular flexibility index (Phi) is 11.1. The van der Waals surface area contributed by atoms with Crippen LogP contribution in [0.1, 0.15) is 63.8 Å². The molecule has 8 rings (SSSR count). The van der Waals surface area contributed by atoms with Crippen LogP contribution in [0.4, 0.5) is 0 Å². The SMILES string of the molecule is CC(C)(C)c1ccc2c(c1)[cH-]c1cc(C(C)(C)C)ccc12.[Cl][Hf]([Cl])=[C](c1ccc2ccccc2c1)c1ccc2ccccc2c1.c1cc[cH-]c1. The first-order valence-electron chi connectivity index (χ1n) is 17.2. The third kappa shape index (κ3) is 8.46. The van der Waals surface area contributed by atoms with Gasteiger partial charge in [0.15, 0.2) is 0 Å². The van der Waals surface area contributed by atoms with E-state index in [1.807, 2.05) is 30.3 Å². The van der Waals surface area contributed by atoms with Crippen LogP contribution in [-0.4, -0.2) is 3.26 Å². The number of benzene rings is 6. The largest absolute Gasteiger partial charge is 0.214 e. The molecule has 0 unspecified atom stereocenters. The molecule has 3 heteroatoms. The van der Waals surface area contributed by atoms with Crippen molar-refractivity contribution in [2.45, 2.75) is 52.4 Å². The van der Waals surface area contributed by atoms with E-state index in [0.29, 0.717) is 0 Å². The molecule has 0 N–H and O–H groups in total. The molecule has 0 aliphatic heterocycles. The summed E-state index contributed by atoms with van der Waals surface area (Å²) < 4.78 is 1.15. The number of hydrogen-bond donors (Lipinski definition) is 0. The molecule has 0 fully saturated rings. The van der Waals surface area contributed by atoms with Crippen LogP contribution in [0.15, 0.2) is 158 Å². The topological polar surface area (TPSA) is 0 Å². The summed E-state index contributed by atoms with van der Waals surface area (Å²) in [4.78, 5) is 0. The molecule has 0 atom stereocenters. The maximum Gasteiger partial charge on any atom is -0.172 e. The molecule has 0 aromatic heterocycles. The predicted molar refractivity (Wildman–Crippen MR) is 219 cm³/mol. The molecule has 0 aliphatic rings. The van der Waals surface area contributed by atoms with Gasteiger partial charge in [0.25, 0.3) is 0 Å². The summed E-state index contributed by atoms with van der Waals surface area (Å²) in [5.41, 5.74) is 5.51. The van der Waals surface area contributed by atoms with Crippen LogP contribution in [0.25, 0.3) is 43.1 Å². The molecule has 252 valence electrons. The summed E-state index contributed by atoms with van der Waals surface area (Å²) in [6, 6.07) is 55.9. The second kappa shape index (κ2) is 15.3. The second-order valence-corrected chi connectivity index (χ2v) is 26.4. The van der Waals surface area contributed by atoms with Gasteiger partial charge in [0, 0.05) is 0 Å². The average molecular weight is 858 g/mol. The van der Waals surface area contributed by atoms with Crippen molar-refractivity contribution in [3.05, 3.63) is 180 Å². The van der Waals surface area contributed by atoms with Gasteiger partial charge in [-0.05, 0) is 10.8 Å². The van der Waals surface area contributed by atoms with Crippen LogP contribution < -0.4 is 0 Å². The van der Waals surface area contributed by atoms with E-state index >= 15 is 0 Å². The van der Waals surface area contributed by atoms with Gasteiger partial charge in [-0.3, -0.25) is 0 Å². The van der Waals surface area contributed by atoms with Crippen molar-refractivity contribution in [1.82, 2.24) is 0 Å². The van der Waals surface area contributed by atoms with Crippen molar-refractivity contribution in [3.63, 3.8) is 0 Å². The molecule has 8 aromatic rings. The average Bonchev–Trinajstić information content (AvgIpc) is 3.79. The summed E-state index contributed by atoms with van der Waals surface area (Å²) >= 11 is -2.81. The van der Waals surface area contributed by atoms with Crippen molar-refractivity contribution in [2.24, 2.45) is 0 Å². The third-order valence-corrected chi connectivity index (χ3v) is 15.8. The Balaban J connectivity index is 0.000000153. The number of hydrogen-bond acceptors (Lipinski definition) is 0. The Morgan fingerprint density at radius 2 is 0.900 bits per heavy atom. The summed E-state index contributed by atoms with van der Waals surface area (Å²) in [5.74, 6) is 0. The Morgan fingerprint density at radius 1 is 0.480 bits per heavy atom. The van der Waals surface area contributed by atoms with E-state index in [4.69, 9.17) is 17.2 Å². The zero-order chi connectivity index (χ0) is 35.5. The van der Waals surface area contributed by atoms with Crippen molar-refractivity contribution in [1.29, 1.82) is 0 Å². The van der Waals surface area contributed by atoms with E-state index in [9.17, 15) is 0 Å². The maximum absolute atomic E-state index is 6.56. The van der Waals surface area contributed by atoms with E-state index in [-0.39, 0.29) is 10.8 Å². The van der Waals surface area contributed by atoms with Crippen LogP contribution in [-0.2, 0) is 29.4 Å². The molecule has 0 heterocycles. The quantitative estimate of drug-likeness (QED) is 0.120. The smallest absolute Gasteiger partial charge is 0.172 e. The molecule has 0 aliphatic carbocycles. The maximum atomic E-state index is 6.56. The first-order chi connectivity index (χ1) is 23.9. The number of halogens is 2. The first-order valence-corrected chi connectivity index (χ1v) is 27.9. The van der Waals surface area contributed by atoms with E-state index in [1.165, 1.54) is 54.2 Å². The van der Waals surface area contributed by atoms with Gasteiger partial charge in [-0.2, -0.15) is 18.2 Å². The zero-order valence-corrected chi connectivity index (χ0v) is 34.9. The second-order valence-electron chi connectivity index (χ2n) is 15.0. The van der Waals surface area contributed by atoms with Gasteiger partial charge in [0.05, 0.1) is 0 Å².